The zero-order chi connectivity index (χ0) is 17.6. The first-order valence-electron chi connectivity index (χ1n) is 7.61. The van der Waals surface area contributed by atoms with Crippen molar-refractivity contribution >= 4 is 27.5 Å². The molecule has 1 aromatic carbocycles. The van der Waals surface area contributed by atoms with Gasteiger partial charge in [-0.15, -0.1) is 11.3 Å². The van der Waals surface area contributed by atoms with Gasteiger partial charge in [0.2, 0.25) is 0 Å². The number of para-hydroxylation sites is 1. The second-order valence-corrected chi connectivity index (χ2v) is 6.03. The van der Waals surface area contributed by atoms with E-state index in [1.54, 1.807) is 23.6 Å². The van der Waals surface area contributed by atoms with Crippen LogP contribution in [-0.2, 0) is 16.1 Å². The van der Waals surface area contributed by atoms with Crippen LogP contribution in [0, 0.1) is 5.82 Å². The Labute approximate surface area is 146 Å². The molecular formula is C17H15FN2O4S. The molecule has 130 valence electrons. The van der Waals surface area contributed by atoms with E-state index >= 15 is 0 Å². The van der Waals surface area contributed by atoms with Gasteiger partial charge in [0.15, 0.2) is 11.6 Å². The molecule has 6 nitrogen and oxygen atoms in total. The molecule has 3 rings (SSSR count). The lowest BCUT2D eigenvalue weighted by Gasteiger charge is -2.08. The zero-order valence-corrected chi connectivity index (χ0v) is 14.0. The SMILES string of the molecule is O=C(CCn1cnc2sccc2c1=O)OCCOc1ccccc1F. The normalized spacial score (nSPS) is 10.8. The molecule has 8 heteroatoms. The smallest absolute Gasteiger partial charge is 0.307 e. The summed E-state index contributed by atoms with van der Waals surface area (Å²) in [4.78, 5) is 28.8. The summed E-state index contributed by atoms with van der Waals surface area (Å²) in [7, 11) is 0. The number of esters is 1. The van der Waals surface area contributed by atoms with Gasteiger partial charge in [0, 0.05) is 6.54 Å². The standard InChI is InChI=1S/C17H15FN2O4S/c18-13-3-1-2-4-14(13)23-8-9-24-15(21)5-7-20-11-19-16-12(17(20)22)6-10-25-16/h1-4,6,10-11H,5,7-9H2. The molecule has 0 saturated carbocycles. The second-order valence-electron chi connectivity index (χ2n) is 5.13. The van der Waals surface area contributed by atoms with Gasteiger partial charge in [0.25, 0.3) is 5.56 Å². The highest BCUT2D eigenvalue weighted by Crippen LogP contribution is 2.15. The number of benzene rings is 1. The first-order valence-corrected chi connectivity index (χ1v) is 8.49. The number of aryl methyl sites for hydroxylation is 1. The number of rotatable bonds is 7. The molecule has 0 spiro atoms. The van der Waals surface area contributed by atoms with Crippen molar-refractivity contribution in [3.05, 3.63) is 58.2 Å². The fourth-order valence-electron chi connectivity index (χ4n) is 2.21. The monoisotopic (exact) mass is 362 g/mol. The maximum absolute atomic E-state index is 13.3. The van der Waals surface area contributed by atoms with Crippen molar-refractivity contribution in [1.29, 1.82) is 0 Å². The van der Waals surface area contributed by atoms with Crippen molar-refractivity contribution in [3.63, 3.8) is 0 Å². The van der Waals surface area contributed by atoms with Crippen molar-refractivity contribution in [2.75, 3.05) is 13.2 Å². The van der Waals surface area contributed by atoms with E-state index in [9.17, 15) is 14.0 Å². The maximum atomic E-state index is 13.3. The van der Waals surface area contributed by atoms with Crippen LogP contribution in [0.25, 0.3) is 10.2 Å². The van der Waals surface area contributed by atoms with E-state index in [-0.39, 0.29) is 37.5 Å². The Morgan fingerprint density at radius 2 is 2.08 bits per heavy atom. The highest BCUT2D eigenvalue weighted by atomic mass is 32.1. The number of hydrogen-bond donors (Lipinski definition) is 0. The summed E-state index contributed by atoms with van der Waals surface area (Å²) < 4.78 is 24.9. The largest absolute Gasteiger partial charge is 0.487 e. The second kappa shape index (κ2) is 7.89. The number of halogens is 1. The highest BCUT2D eigenvalue weighted by molar-refractivity contribution is 7.16. The summed E-state index contributed by atoms with van der Waals surface area (Å²) in [6.45, 7) is 0.240. The van der Waals surface area contributed by atoms with Gasteiger partial charge in [0.05, 0.1) is 18.1 Å². The van der Waals surface area contributed by atoms with Crippen molar-refractivity contribution in [2.24, 2.45) is 0 Å². The molecule has 0 atom stereocenters. The Morgan fingerprint density at radius 3 is 2.92 bits per heavy atom. The molecule has 0 bridgehead atoms. The van der Waals surface area contributed by atoms with Gasteiger partial charge in [0.1, 0.15) is 18.0 Å². The van der Waals surface area contributed by atoms with Crippen molar-refractivity contribution in [1.82, 2.24) is 9.55 Å². The molecular weight excluding hydrogens is 347 g/mol. The van der Waals surface area contributed by atoms with E-state index in [2.05, 4.69) is 4.98 Å². The van der Waals surface area contributed by atoms with E-state index in [1.165, 1.54) is 34.4 Å². The average molecular weight is 362 g/mol. The molecule has 0 fully saturated rings. The predicted octanol–water partition coefficient (Wildman–Crippen LogP) is 2.61. The van der Waals surface area contributed by atoms with Crippen molar-refractivity contribution < 1.29 is 18.7 Å². The first-order chi connectivity index (χ1) is 12.1. The lowest BCUT2D eigenvalue weighted by molar-refractivity contribution is -0.144. The van der Waals surface area contributed by atoms with Crippen LogP contribution in [0.2, 0.25) is 0 Å². The fraction of sp³-hybridized carbons (Fsp3) is 0.235. The molecule has 0 radical (unpaired) electrons. The Kier molecular flexibility index (Phi) is 5.39. The van der Waals surface area contributed by atoms with Crippen LogP contribution in [0.1, 0.15) is 6.42 Å². The summed E-state index contributed by atoms with van der Waals surface area (Å²) in [5, 5.41) is 2.34. The number of hydrogen-bond acceptors (Lipinski definition) is 6. The molecule has 0 unspecified atom stereocenters. The quantitative estimate of drug-likeness (QED) is 0.477. The van der Waals surface area contributed by atoms with Crippen LogP contribution < -0.4 is 10.3 Å². The number of thiophene rings is 1. The number of ether oxygens (including phenoxy) is 2. The van der Waals surface area contributed by atoms with Crippen molar-refractivity contribution in [2.45, 2.75) is 13.0 Å². The number of fused-ring (bicyclic) bond motifs is 1. The average Bonchev–Trinajstić information content (AvgIpc) is 3.09. The Morgan fingerprint density at radius 1 is 1.24 bits per heavy atom. The minimum atomic E-state index is -0.468. The predicted molar refractivity (Wildman–Crippen MR) is 91.4 cm³/mol. The van der Waals surface area contributed by atoms with Gasteiger partial charge in [-0.2, -0.15) is 0 Å². The van der Waals surface area contributed by atoms with E-state index in [0.717, 1.165) is 0 Å². The van der Waals surface area contributed by atoms with Crippen LogP contribution in [0.15, 0.2) is 46.8 Å². The summed E-state index contributed by atoms with van der Waals surface area (Å²) in [5.74, 6) is -0.820. The first kappa shape index (κ1) is 17.1. The maximum Gasteiger partial charge on any atom is 0.307 e. The number of aromatic nitrogens is 2. The minimum Gasteiger partial charge on any atom is -0.487 e. The van der Waals surface area contributed by atoms with Gasteiger partial charge in [-0.3, -0.25) is 14.2 Å². The molecule has 2 heterocycles. The fourth-order valence-corrected chi connectivity index (χ4v) is 2.93. The molecule has 25 heavy (non-hydrogen) atoms. The molecule has 2 aromatic heterocycles. The summed E-state index contributed by atoms with van der Waals surface area (Å²) in [6, 6.07) is 7.71. The van der Waals surface area contributed by atoms with Gasteiger partial charge in [-0.1, -0.05) is 12.1 Å². The van der Waals surface area contributed by atoms with Crippen LogP contribution in [-0.4, -0.2) is 28.7 Å². The third-order valence-electron chi connectivity index (χ3n) is 3.45. The lowest BCUT2D eigenvalue weighted by Crippen LogP contribution is -2.22. The molecule has 0 saturated heterocycles. The highest BCUT2D eigenvalue weighted by Gasteiger charge is 2.08. The summed E-state index contributed by atoms with van der Waals surface area (Å²) in [5.41, 5.74) is -0.179. The molecule has 0 amide bonds. The van der Waals surface area contributed by atoms with Gasteiger partial charge < -0.3 is 9.47 Å². The Bertz CT molecular complexity index is 938. The Balaban J connectivity index is 1.44. The van der Waals surface area contributed by atoms with Gasteiger partial charge in [-0.05, 0) is 23.6 Å². The number of nitrogens with zero attached hydrogens (tertiary/aromatic N) is 2. The van der Waals surface area contributed by atoms with Crippen LogP contribution in [0.5, 0.6) is 5.75 Å². The molecule has 0 aliphatic carbocycles. The third kappa shape index (κ3) is 4.21. The van der Waals surface area contributed by atoms with Gasteiger partial charge >= 0.3 is 5.97 Å². The van der Waals surface area contributed by atoms with E-state index in [4.69, 9.17) is 9.47 Å². The lowest BCUT2D eigenvalue weighted by atomic mass is 10.3. The summed E-state index contributed by atoms with van der Waals surface area (Å²) in [6.07, 6.45) is 1.46. The zero-order valence-electron chi connectivity index (χ0n) is 13.2. The van der Waals surface area contributed by atoms with Crippen LogP contribution in [0.3, 0.4) is 0 Å². The van der Waals surface area contributed by atoms with Gasteiger partial charge in [-0.25, -0.2) is 9.37 Å². The molecule has 0 aliphatic heterocycles. The number of carbonyl (C=O) groups excluding carboxylic acids is 1. The van der Waals surface area contributed by atoms with E-state index in [1.807, 2.05) is 0 Å². The van der Waals surface area contributed by atoms with Crippen molar-refractivity contribution in [3.8, 4) is 5.75 Å². The van der Waals surface area contributed by atoms with E-state index < -0.39 is 11.8 Å². The molecule has 0 N–H and O–H groups in total. The molecule has 0 aliphatic rings. The third-order valence-corrected chi connectivity index (χ3v) is 4.27. The van der Waals surface area contributed by atoms with Crippen LogP contribution in [0.4, 0.5) is 4.39 Å². The van der Waals surface area contributed by atoms with E-state index in [0.29, 0.717) is 10.2 Å². The Hall–Kier alpha value is -2.74. The number of carbonyl (C=O) groups is 1. The molecule has 3 aromatic rings. The van der Waals surface area contributed by atoms with Crippen LogP contribution >= 0.6 is 11.3 Å². The summed E-state index contributed by atoms with van der Waals surface area (Å²) >= 11 is 1.39. The topological polar surface area (TPSA) is 70.4 Å². The minimum absolute atomic E-state index is 0.00385.